The van der Waals surface area contributed by atoms with Gasteiger partial charge in [-0.15, -0.1) is 0 Å². The summed E-state index contributed by atoms with van der Waals surface area (Å²) in [6, 6.07) is 0. The number of aromatic amines is 1. The van der Waals surface area contributed by atoms with Crippen molar-refractivity contribution in [1.82, 2.24) is 15.5 Å². The summed E-state index contributed by atoms with van der Waals surface area (Å²) < 4.78 is 0. The molecule has 0 radical (unpaired) electrons. The van der Waals surface area contributed by atoms with Gasteiger partial charge in [0.15, 0.2) is 0 Å². The standard InChI is InChI=1S/C13H21N3O3/c1-8(2)13(4,12(18)19)5-11(17)14-6-10-7-15-16-9(10)3/h7-8H,5-6H2,1-4H3,(H,14,17)(H,15,16)(H,18,19). The van der Waals surface area contributed by atoms with E-state index in [0.717, 1.165) is 11.3 Å². The zero-order valence-electron chi connectivity index (χ0n) is 11.8. The number of hydrogen-bond acceptors (Lipinski definition) is 3. The Balaban J connectivity index is 2.60. The van der Waals surface area contributed by atoms with Gasteiger partial charge in [-0.3, -0.25) is 14.7 Å². The van der Waals surface area contributed by atoms with Crippen LogP contribution in [-0.4, -0.2) is 27.2 Å². The molecule has 3 N–H and O–H groups in total. The average Bonchev–Trinajstić information content (AvgIpc) is 2.71. The van der Waals surface area contributed by atoms with Gasteiger partial charge < -0.3 is 10.4 Å². The van der Waals surface area contributed by atoms with Gasteiger partial charge in [0, 0.05) is 24.2 Å². The fraction of sp³-hybridized carbons (Fsp3) is 0.615. The third kappa shape index (κ3) is 3.56. The molecule has 1 rings (SSSR count). The Morgan fingerprint density at radius 1 is 1.53 bits per heavy atom. The minimum atomic E-state index is -1.05. The molecular formula is C13H21N3O3. The van der Waals surface area contributed by atoms with E-state index in [1.807, 2.05) is 20.8 Å². The van der Waals surface area contributed by atoms with Crippen LogP contribution >= 0.6 is 0 Å². The minimum Gasteiger partial charge on any atom is -0.481 e. The van der Waals surface area contributed by atoms with E-state index in [1.165, 1.54) is 0 Å². The summed E-state index contributed by atoms with van der Waals surface area (Å²) in [5.74, 6) is -1.33. The van der Waals surface area contributed by atoms with Crippen molar-refractivity contribution in [2.45, 2.75) is 40.7 Å². The number of carboxylic acids is 1. The highest BCUT2D eigenvalue weighted by atomic mass is 16.4. The summed E-state index contributed by atoms with van der Waals surface area (Å²) in [5.41, 5.74) is 0.746. The molecule has 0 saturated heterocycles. The van der Waals surface area contributed by atoms with Gasteiger partial charge in [-0.05, 0) is 19.8 Å². The number of carboxylic acid groups (broad SMARTS) is 1. The molecule has 1 unspecified atom stereocenters. The first-order chi connectivity index (χ1) is 8.77. The van der Waals surface area contributed by atoms with Gasteiger partial charge in [0.2, 0.25) is 5.91 Å². The molecule has 6 heteroatoms. The normalized spacial score (nSPS) is 14.2. The number of aromatic nitrogens is 2. The van der Waals surface area contributed by atoms with Crippen molar-refractivity contribution >= 4 is 11.9 Å². The van der Waals surface area contributed by atoms with Crippen LogP contribution in [0.5, 0.6) is 0 Å². The third-order valence-electron chi connectivity index (χ3n) is 3.70. The van der Waals surface area contributed by atoms with Crippen LogP contribution in [0.2, 0.25) is 0 Å². The number of aliphatic carboxylic acids is 1. The van der Waals surface area contributed by atoms with Crippen molar-refractivity contribution in [2.75, 3.05) is 0 Å². The molecule has 0 aliphatic heterocycles. The van der Waals surface area contributed by atoms with Crippen molar-refractivity contribution in [1.29, 1.82) is 0 Å². The molecule has 0 spiro atoms. The lowest BCUT2D eigenvalue weighted by molar-refractivity contribution is -0.153. The van der Waals surface area contributed by atoms with Crippen LogP contribution in [-0.2, 0) is 16.1 Å². The van der Waals surface area contributed by atoms with Crippen molar-refractivity contribution < 1.29 is 14.7 Å². The zero-order valence-corrected chi connectivity index (χ0v) is 11.8. The highest BCUT2D eigenvalue weighted by Gasteiger charge is 2.38. The first-order valence-electron chi connectivity index (χ1n) is 6.26. The molecule has 19 heavy (non-hydrogen) atoms. The smallest absolute Gasteiger partial charge is 0.310 e. The van der Waals surface area contributed by atoms with Crippen molar-refractivity contribution in [3.63, 3.8) is 0 Å². The maximum atomic E-state index is 11.9. The lowest BCUT2D eigenvalue weighted by atomic mass is 9.76. The number of nitrogens with zero attached hydrogens (tertiary/aromatic N) is 1. The molecule has 1 heterocycles. The van der Waals surface area contributed by atoms with E-state index in [1.54, 1.807) is 13.1 Å². The maximum absolute atomic E-state index is 11.9. The van der Waals surface area contributed by atoms with Gasteiger partial charge >= 0.3 is 5.97 Å². The Labute approximate surface area is 112 Å². The fourth-order valence-corrected chi connectivity index (χ4v) is 1.67. The predicted molar refractivity (Wildman–Crippen MR) is 70.4 cm³/mol. The molecule has 0 saturated carbocycles. The van der Waals surface area contributed by atoms with E-state index in [0.29, 0.717) is 6.54 Å². The average molecular weight is 267 g/mol. The second kappa shape index (κ2) is 5.86. The van der Waals surface area contributed by atoms with Gasteiger partial charge in [-0.2, -0.15) is 5.10 Å². The Morgan fingerprint density at radius 3 is 2.58 bits per heavy atom. The van der Waals surface area contributed by atoms with Crippen LogP contribution in [0, 0.1) is 18.3 Å². The minimum absolute atomic E-state index is 0.0309. The molecular weight excluding hydrogens is 246 g/mol. The van der Waals surface area contributed by atoms with Gasteiger partial charge in [0.25, 0.3) is 0 Å². The summed E-state index contributed by atoms with van der Waals surface area (Å²) in [5, 5.41) is 18.6. The van der Waals surface area contributed by atoms with Crippen molar-refractivity contribution in [3.05, 3.63) is 17.5 Å². The monoisotopic (exact) mass is 267 g/mol. The Bertz CT molecular complexity index is 467. The summed E-state index contributed by atoms with van der Waals surface area (Å²) in [7, 11) is 0. The van der Waals surface area contributed by atoms with E-state index in [9.17, 15) is 14.7 Å². The van der Waals surface area contributed by atoms with E-state index < -0.39 is 11.4 Å². The van der Waals surface area contributed by atoms with Crippen LogP contribution in [0.25, 0.3) is 0 Å². The van der Waals surface area contributed by atoms with Crippen LogP contribution in [0.4, 0.5) is 0 Å². The SMILES string of the molecule is Cc1[nH]ncc1CNC(=O)CC(C)(C(=O)O)C(C)C. The molecule has 0 bridgehead atoms. The first kappa shape index (κ1) is 15.2. The van der Waals surface area contributed by atoms with E-state index in [2.05, 4.69) is 15.5 Å². The number of carbonyl (C=O) groups excluding carboxylic acids is 1. The van der Waals surface area contributed by atoms with Crippen LogP contribution in [0.1, 0.15) is 38.4 Å². The number of carbonyl (C=O) groups is 2. The zero-order chi connectivity index (χ0) is 14.6. The van der Waals surface area contributed by atoms with Crippen LogP contribution < -0.4 is 5.32 Å². The molecule has 1 aromatic heterocycles. The van der Waals surface area contributed by atoms with Gasteiger partial charge in [-0.25, -0.2) is 0 Å². The van der Waals surface area contributed by atoms with Crippen LogP contribution in [0.3, 0.4) is 0 Å². The molecule has 106 valence electrons. The molecule has 1 amide bonds. The molecule has 6 nitrogen and oxygen atoms in total. The van der Waals surface area contributed by atoms with E-state index >= 15 is 0 Å². The first-order valence-corrected chi connectivity index (χ1v) is 6.26. The molecule has 1 aromatic rings. The number of amides is 1. The number of aryl methyl sites for hydroxylation is 1. The molecule has 0 aliphatic rings. The third-order valence-corrected chi connectivity index (χ3v) is 3.70. The summed E-state index contributed by atoms with van der Waals surface area (Å²) >= 11 is 0. The van der Waals surface area contributed by atoms with Gasteiger partial charge in [0.05, 0.1) is 11.6 Å². The summed E-state index contributed by atoms with van der Waals surface area (Å²) in [4.78, 5) is 23.2. The summed E-state index contributed by atoms with van der Waals surface area (Å²) in [6.45, 7) is 7.44. The number of hydrogen-bond donors (Lipinski definition) is 3. The highest BCUT2D eigenvalue weighted by Crippen LogP contribution is 2.31. The predicted octanol–water partition coefficient (Wildman–Crippen LogP) is 1.47. The van der Waals surface area contributed by atoms with Gasteiger partial charge in [0.1, 0.15) is 0 Å². The van der Waals surface area contributed by atoms with Crippen LogP contribution in [0.15, 0.2) is 6.20 Å². The topological polar surface area (TPSA) is 95.1 Å². The van der Waals surface area contributed by atoms with E-state index in [-0.39, 0.29) is 18.2 Å². The number of H-pyrrole nitrogens is 1. The quantitative estimate of drug-likeness (QED) is 0.727. The van der Waals surface area contributed by atoms with Gasteiger partial charge in [-0.1, -0.05) is 13.8 Å². The Kier molecular flexibility index (Phi) is 4.69. The molecule has 0 aliphatic carbocycles. The second-order valence-electron chi connectivity index (χ2n) is 5.35. The number of rotatable bonds is 6. The molecule has 0 aromatic carbocycles. The Hall–Kier alpha value is -1.85. The molecule has 1 atom stereocenters. The maximum Gasteiger partial charge on any atom is 0.310 e. The number of nitrogens with one attached hydrogen (secondary N) is 2. The largest absolute Gasteiger partial charge is 0.481 e. The van der Waals surface area contributed by atoms with E-state index in [4.69, 9.17) is 0 Å². The molecule has 0 fully saturated rings. The van der Waals surface area contributed by atoms with Crippen molar-refractivity contribution in [2.24, 2.45) is 11.3 Å². The second-order valence-corrected chi connectivity index (χ2v) is 5.35. The lowest BCUT2D eigenvalue weighted by Gasteiger charge is -2.28. The fourth-order valence-electron chi connectivity index (χ4n) is 1.67. The lowest BCUT2D eigenvalue weighted by Crippen LogP contribution is -2.39. The highest BCUT2D eigenvalue weighted by molar-refractivity contribution is 5.84. The van der Waals surface area contributed by atoms with Crippen molar-refractivity contribution in [3.8, 4) is 0 Å². The Morgan fingerprint density at radius 2 is 2.16 bits per heavy atom. The summed E-state index contributed by atoms with van der Waals surface area (Å²) in [6.07, 6.45) is 1.62.